The second-order valence-corrected chi connectivity index (χ2v) is 24.8. The van der Waals surface area contributed by atoms with Crippen molar-refractivity contribution in [3.63, 3.8) is 0 Å². The molecule has 4 heterocycles. The number of rotatable bonds is 21. The first-order valence-electron chi connectivity index (χ1n) is 27.1. The first-order chi connectivity index (χ1) is 41.3. The van der Waals surface area contributed by atoms with Gasteiger partial charge in [-0.15, -0.1) is 22.0 Å². The fourth-order valence-corrected chi connectivity index (χ4v) is 15.0. The van der Waals surface area contributed by atoms with Crippen molar-refractivity contribution in [3.05, 3.63) is 313 Å². The molecule has 12 nitrogen and oxygen atoms in total. The van der Waals surface area contributed by atoms with Crippen molar-refractivity contribution in [3.8, 4) is 0 Å². The number of nitrogens with one attached hydrogen (secondary N) is 2. The molecule has 2 atom stereocenters. The van der Waals surface area contributed by atoms with Gasteiger partial charge in [-0.3, -0.25) is 14.5 Å². The number of β-lactam (4-membered cyclic amide) rings is 1. The molecule has 0 aliphatic carbocycles. The highest BCUT2D eigenvalue weighted by atomic mass is 35.5. The number of thiazole rings is 1. The third kappa shape index (κ3) is 11.3. The van der Waals surface area contributed by atoms with E-state index in [0.29, 0.717) is 28.0 Å². The quantitative estimate of drug-likeness (QED) is 0.0135. The Morgan fingerprint density at radius 3 is 1.58 bits per heavy atom. The first-order valence-corrected chi connectivity index (χ1v) is 31.1. The van der Waals surface area contributed by atoms with E-state index in [1.165, 1.54) is 39.8 Å². The minimum absolute atomic E-state index is 0.0174. The van der Waals surface area contributed by atoms with Crippen LogP contribution in [0.1, 0.15) is 69.1 Å². The zero-order valence-corrected chi connectivity index (χ0v) is 48.8. The van der Waals surface area contributed by atoms with E-state index >= 15 is 9.59 Å². The van der Waals surface area contributed by atoms with Crippen molar-refractivity contribution in [2.24, 2.45) is 5.16 Å². The summed E-state index contributed by atoms with van der Waals surface area (Å²) in [6.45, 7) is 0. The monoisotopic (exact) mass is 1200 g/mol. The van der Waals surface area contributed by atoms with E-state index in [-0.39, 0.29) is 21.4 Å². The third-order valence-corrected chi connectivity index (χ3v) is 19.1. The fraction of sp³-hybridized carbons (Fsp3) is 0.119. The molecular weight excluding hydrogens is 1150 g/mol. The number of ether oxygens (including phenoxy) is 1. The number of carbonyl (C=O) groups is 3. The van der Waals surface area contributed by atoms with Crippen LogP contribution in [0.25, 0.3) is 0 Å². The van der Waals surface area contributed by atoms with Crippen LogP contribution >= 0.6 is 57.8 Å². The summed E-state index contributed by atoms with van der Waals surface area (Å²) in [5.41, 5.74) is 5.60. The van der Waals surface area contributed by atoms with Crippen LogP contribution in [0.4, 0.5) is 5.13 Å². The number of anilines is 1. The van der Waals surface area contributed by atoms with E-state index in [1.54, 1.807) is 5.51 Å². The van der Waals surface area contributed by atoms with E-state index in [0.717, 1.165) is 60.2 Å². The Bertz CT molecular complexity index is 3700. The Morgan fingerprint density at radius 1 is 0.655 bits per heavy atom. The smallest absolute Gasteiger partial charge is 0.356 e. The maximum Gasteiger partial charge on any atom is 0.356 e. The van der Waals surface area contributed by atoms with Gasteiger partial charge in [-0.05, 0) is 40.7 Å². The van der Waals surface area contributed by atoms with Gasteiger partial charge in [0.2, 0.25) is 5.60 Å². The molecule has 0 radical (unpaired) electrons. The first kappa shape index (κ1) is 55.9. The van der Waals surface area contributed by atoms with Crippen LogP contribution in [0.3, 0.4) is 0 Å². The summed E-state index contributed by atoms with van der Waals surface area (Å²) < 4.78 is 7.39. The topological polar surface area (TPSA) is 148 Å². The molecule has 2 aromatic heterocycles. The SMILES string of the molecule is O=C(N[C@@H]1C(=O)N2C(C(=O)OC(c3ccccc3)c3ccccc3)=C(SCSc3nncs3)CC[C@H]12)C(=NOC(c1ccccc1)(c1ccccc1)c1ccccc1)c1nc(NC(c2ccccc2)(c2ccccc2)c2ccccc2)sc1Cl. The Balaban J connectivity index is 0.940. The number of esters is 1. The molecule has 17 heteroatoms. The van der Waals surface area contributed by atoms with Crippen molar-refractivity contribution in [2.45, 2.75) is 46.5 Å². The molecule has 1 saturated heterocycles. The number of allylic oxidation sites excluding steroid dienone is 1. The van der Waals surface area contributed by atoms with E-state index < -0.39 is 47.1 Å². The fourth-order valence-electron chi connectivity index (χ4n) is 10.9. The Kier molecular flexibility index (Phi) is 16.9. The highest BCUT2D eigenvalue weighted by Crippen LogP contribution is 2.46. The second-order valence-electron chi connectivity index (χ2n) is 19.7. The largest absolute Gasteiger partial charge is 0.448 e. The summed E-state index contributed by atoms with van der Waals surface area (Å²) in [7, 11) is 0. The average molecular weight is 1200 g/mol. The number of oxime groups is 1. The molecule has 416 valence electrons. The highest BCUT2D eigenvalue weighted by molar-refractivity contribution is 8.18. The minimum atomic E-state index is -1.42. The molecule has 2 amide bonds. The molecule has 0 saturated carbocycles. The zero-order valence-electron chi connectivity index (χ0n) is 44.8. The minimum Gasteiger partial charge on any atom is -0.448 e. The van der Waals surface area contributed by atoms with E-state index in [9.17, 15) is 4.79 Å². The van der Waals surface area contributed by atoms with Gasteiger partial charge in [0.25, 0.3) is 11.8 Å². The lowest BCUT2D eigenvalue weighted by Gasteiger charge is -2.50. The van der Waals surface area contributed by atoms with Gasteiger partial charge < -0.3 is 20.2 Å². The van der Waals surface area contributed by atoms with Gasteiger partial charge in [0.15, 0.2) is 21.3 Å². The van der Waals surface area contributed by atoms with Crippen LogP contribution in [0.2, 0.25) is 4.34 Å². The summed E-state index contributed by atoms with van der Waals surface area (Å²) in [5.74, 6) is -1.94. The lowest BCUT2D eigenvalue weighted by Crippen LogP contribution is -2.72. The Morgan fingerprint density at radius 2 is 1.12 bits per heavy atom. The molecule has 2 N–H and O–H groups in total. The lowest BCUT2D eigenvalue weighted by atomic mass is 9.77. The Hall–Kier alpha value is -8.64. The number of aromatic nitrogens is 3. The van der Waals surface area contributed by atoms with Crippen molar-refractivity contribution in [2.75, 3.05) is 10.4 Å². The number of hydrogen-bond donors (Lipinski definition) is 2. The highest BCUT2D eigenvalue weighted by Gasteiger charge is 2.55. The predicted octanol–water partition coefficient (Wildman–Crippen LogP) is 14.3. The summed E-state index contributed by atoms with van der Waals surface area (Å²) in [4.78, 5) is 60.1. The van der Waals surface area contributed by atoms with Crippen LogP contribution in [0.5, 0.6) is 0 Å². The Labute approximate surface area is 507 Å². The molecule has 1 fully saturated rings. The van der Waals surface area contributed by atoms with E-state index in [1.807, 2.05) is 206 Å². The van der Waals surface area contributed by atoms with Gasteiger partial charge in [-0.1, -0.05) is 294 Å². The molecule has 2 aliphatic rings. The number of amides is 2. The summed E-state index contributed by atoms with van der Waals surface area (Å²) in [6.07, 6.45) is 0.0644. The molecule has 12 rings (SSSR count). The molecule has 2 aliphatic heterocycles. The summed E-state index contributed by atoms with van der Waals surface area (Å²) in [5, 5.41) is 20.8. The van der Waals surface area contributed by atoms with Gasteiger partial charge in [-0.2, -0.15) is 0 Å². The molecule has 8 aromatic carbocycles. The standard InChI is InChI=1S/C67H52ClN7O5S4/c68-60-56(71-64(84-60)72-66(47-29-13-3-14-30-47,48-31-15-4-16-32-48)49-33-17-5-18-34-49)57(74-80-67(50-35-19-6-20-36-50,51-37-21-7-22-38-51)52-39-23-8-24-40-52)61(76)70-55-53-41-42-54(82-44-83-65-73-69-43-81-65)58(75(53)62(55)77)63(78)79-59(45-25-9-1-10-26-45)46-27-11-2-12-28-46/h1-40,43,53,55,59H,41-42,44H2,(H,70,76)(H,71,72)/t53-,55+/m1/s1. The lowest BCUT2D eigenvalue weighted by molar-refractivity contribution is -0.158. The van der Waals surface area contributed by atoms with Gasteiger partial charge in [0.1, 0.15) is 32.8 Å². The molecule has 0 unspecified atom stereocenters. The summed E-state index contributed by atoms with van der Waals surface area (Å²) >= 11 is 12.9. The maximum atomic E-state index is 15.7. The number of fused-ring (bicyclic) bond motifs is 1. The molecule has 0 bridgehead atoms. The van der Waals surface area contributed by atoms with Crippen LogP contribution in [0, 0.1) is 0 Å². The second kappa shape index (κ2) is 25.5. The number of nitrogens with zero attached hydrogens (tertiary/aromatic N) is 5. The van der Waals surface area contributed by atoms with E-state index in [2.05, 4.69) is 57.2 Å². The van der Waals surface area contributed by atoms with Crippen molar-refractivity contribution in [1.29, 1.82) is 0 Å². The van der Waals surface area contributed by atoms with Crippen molar-refractivity contribution < 1.29 is 24.0 Å². The van der Waals surface area contributed by atoms with Crippen molar-refractivity contribution in [1.82, 2.24) is 25.4 Å². The number of thioether (sulfide) groups is 2. The number of hydrogen-bond acceptors (Lipinski definition) is 14. The molecular formula is C67H52ClN7O5S4. The molecule has 84 heavy (non-hydrogen) atoms. The maximum absolute atomic E-state index is 15.7. The average Bonchev–Trinajstić information content (AvgIpc) is 1.17. The summed E-state index contributed by atoms with van der Waals surface area (Å²) in [6, 6.07) is 76.5. The van der Waals surface area contributed by atoms with Gasteiger partial charge in [0.05, 0.1) is 11.1 Å². The number of carbonyl (C=O) groups excluding carboxylic acids is 3. The third-order valence-electron chi connectivity index (χ3n) is 14.8. The van der Waals surface area contributed by atoms with Crippen LogP contribution in [-0.2, 0) is 35.1 Å². The number of halogens is 1. The molecule has 0 spiro atoms. The number of benzene rings is 8. The van der Waals surface area contributed by atoms with Gasteiger partial charge in [-0.25, -0.2) is 9.78 Å². The normalized spacial score (nSPS) is 15.2. The van der Waals surface area contributed by atoms with E-state index in [4.69, 9.17) is 31.3 Å². The van der Waals surface area contributed by atoms with Gasteiger partial charge >= 0.3 is 5.97 Å². The molecule has 10 aromatic rings. The van der Waals surface area contributed by atoms with Crippen molar-refractivity contribution >= 4 is 86.4 Å². The zero-order chi connectivity index (χ0) is 57.3. The predicted molar refractivity (Wildman–Crippen MR) is 335 cm³/mol. The van der Waals surface area contributed by atoms with Crippen LogP contribution in [-0.4, -0.2) is 60.7 Å². The van der Waals surface area contributed by atoms with Crippen LogP contribution in [0.15, 0.2) is 268 Å². The van der Waals surface area contributed by atoms with Gasteiger partial charge in [0, 0.05) is 21.6 Å². The van der Waals surface area contributed by atoms with Crippen LogP contribution < -0.4 is 10.6 Å².